The molecule has 0 bridgehead atoms. The maximum Gasteiger partial charge on any atom is 0.305 e. The Morgan fingerprint density at radius 1 is 0.818 bits per heavy atom. The van der Waals surface area contributed by atoms with Crippen molar-refractivity contribution < 1.29 is 66.4 Å². The van der Waals surface area contributed by atoms with E-state index in [9.17, 15) is 32.6 Å². The van der Waals surface area contributed by atoms with Crippen LogP contribution in [0.3, 0.4) is 0 Å². The van der Waals surface area contributed by atoms with E-state index in [1.54, 1.807) is 11.0 Å². The summed E-state index contributed by atoms with van der Waals surface area (Å²) in [6.45, 7) is 17.9. The quantitative estimate of drug-likeness (QED) is 0.0112. The van der Waals surface area contributed by atoms with Gasteiger partial charge in [0.1, 0.15) is 16.7 Å². The van der Waals surface area contributed by atoms with E-state index in [0.717, 1.165) is 59.7 Å². The second kappa shape index (κ2) is 27.5. The fourth-order valence-corrected chi connectivity index (χ4v) is 9.66. The maximum atomic E-state index is 12.2. The van der Waals surface area contributed by atoms with Gasteiger partial charge in [0.25, 0.3) is 0 Å². The molecule has 2 aromatic rings. The van der Waals surface area contributed by atoms with Gasteiger partial charge < -0.3 is 34.6 Å². The summed E-state index contributed by atoms with van der Waals surface area (Å²) in [7, 11) is -3.39. The van der Waals surface area contributed by atoms with Crippen molar-refractivity contribution in [3.63, 3.8) is 0 Å². The number of carbonyl (C=O) groups excluding carboxylic acids is 1. The van der Waals surface area contributed by atoms with Crippen LogP contribution in [0.2, 0.25) is 0 Å². The molecule has 1 unspecified atom stereocenters. The summed E-state index contributed by atoms with van der Waals surface area (Å²) in [5, 5.41) is 32.3. The average Bonchev–Trinajstić information content (AvgIpc) is 3.63. The van der Waals surface area contributed by atoms with Crippen LogP contribution in [0.15, 0.2) is 82.3 Å². The number of hydrogen-bond acceptors (Lipinski definition) is 12. The number of hydrogen-bond donors (Lipinski definition) is 3. The van der Waals surface area contributed by atoms with E-state index in [2.05, 4.69) is 53.5 Å². The number of methoxy groups -OCH3 is 1. The molecular formula is C49H71N3O12S2. The summed E-state index contributed by atoms with van der Waals surface area (Å²) >= 11 is 0.823. The number of rotatable bonds is 28. The van der Waals surface area contributed by atoms with Crippen molar-refractivity contribution in [1.82, 2.24) is 0 Å². The molecule has 0 saturated heterocycles. The van der Waals surface area contributed by atoms with Crippen LogP contribution in [0.4, 0.5) is 11.4 Å². The molecule has 0 aromatic heterocycles. The average molecular weight is 958 g/mol. The molecule has 2 heterocycles. The number of unbranched alkanes of at least 4 members (excludes halogenated alkanes) is 6. The minimum Gasteiger partial charge on any atom is -0.744 e. The Hall–Kier alpha value is -4.36. The van der Waals surface area contributed by atoms with Gasteiger partial charge in [-0.3, -0.25) is 19.4 Å². The lowest BCUT2D eigenvalue weighted by Crippen LogP contribution is -3.11. The molecule has 4 rings (SSSR count). The number of allylic oxidation sites excluding steroid dienone is 6. The van der Waals surface area contributed by atoms with E-state index in [0.29, 0.717) is 68.5 Å². The Kier molecular flexibility index (Phi) is 23.3. The summed E-state index contributed by atoms with van der Waals surface area (Å²) in [4.78, 5) is 38.2. The molecule has 2 aromatic carbocycles. The normalized spacial score (nSPS) is 17.2. The van der Waals surface area contributed by atoms with Crippen LogP contribution < -0.4 is 15.1 Å². The van der Waals surface area contributed by atoms with Crippen molar-refractivity contribution in [2.45, 2.75) is 146 Å². The summed E-state index contributed by atoms with van der Waals surface area (Å²) in [6.07, 6.45) is 17.0. The number of nitrogens with one attached hydrogen (secondary N) is 1. The molecule has 17 heteroatoms. The van der Waals surface area contributed by atoms with Crippen molar-refractivity contribution in [1.29, 1.82) is 0 Å². The number of anilines is 1. The van der Waals surface area contributed by atoms with Gasteiger partial charge in [-0.1, -0.05) is 37.5 Å². The Morgan fingerprint density at radius 2 is 1.45 bits per heavy atom. The smallest absolute Gasteiger partial charge is 0.305 e. The highest BCUT2D eigenvalue weighted by atomic mass is 32.2. The lowest BCUT2D eigenvalue weighted by molar-refractivity contribution is -0.894. The van der Waals surface area contributed by atoms with E-state index >= 15 is 0 Å². The van der Waals surface area contributed by atoms with Crippen molar-refractivity contribution in [2.75, 3.05) is 44.7 Å². The van der Waals surface area contributed by atoms with Gasteiger partial charge in [-0.25, -0.2) is 8.42 Å². The largest absolute Gasteiger partial charge is 0.744 e. The van der Waals surface area contributed by atoms with Crippen LogP contribution in [0.25, 0.3) is 0 Å². The monoisotopic (exact) mass is 957 g/mol. The number of fused-ring (bicyclic) bond motifs is 2. The number of carboxylic acid groups (broad SMARTS) is 2. The minimum atomic E-state index is -4.74. The molecule has 0 fully saturated rings. The second-order valence-electron chi connectivity index (χ2n) is 17.3. The minimum absolute atomic E-state index is 0.0658. The maximum absolute atomic E-state index is 12.2. The Bertz CT molecular complexity index is 2160. The first-order valence-electron chi connectivity index (χ1n) is 23.1. The van der Waals surface area contributed by atoms with Gasteiger partial charge in [0, 0.05) is 71.6 Å². The predicted molar refractivity (Wildman–Crippen MR) is 253 cm³/mol. The highest BCUT2D eigenvalue weighted by Crippen LogP contribution is 2.51. The van der Waals surface area contributed by atoms with Gasteiger partial charge in [0.2, 0.25) is 5.69 Å². The van der Waals surface area contributed by atoms with Crippen LogP contribution >= 0.6 is 12.0 Å². The molecule has 2 aliphatic heterocycles. The summed E-state index contributed by atoms with van der Waals surface area (Å²) < 4.78 is 48.3. The molecule has 1 atom stereocenters. The van der Waals surface area contributed by atoms with E-state index < -0.39 is 32.9 Å². The number of carboxylic acids is 2. The van der Waals surface area contributed by atoms with Gasteiger partial charge in [0.15, 0.2) is 5.71 Å². The SMILES string of the molecule is CC[NH+](CC)CC.COC(=O)CCCCCC1(C)C(=CC=CC=CC2=[N+](CCCCCC(=O)O)c3ccc(SOO[O-])cc3C2(C)C)N(CCCCCC(=O)O)c2ccc(S(=O)(=O)[O-])cc21. The van der Waals surface area contributed by atoms with Gasteiger partial charge >= 0.3 is 17.9 Å². The van der Waals surface area contributed by atoms with Gasteiger partial charge in [-0.15, -0.1) is 0 Å². The van der Waals surface area contributed by atoms with Crippen LogP contribution in [0, 0.1) is 0 Å². The fourth-order valence-electron chi connectivity index (χ4n) is 8.77. The summed E-state index contributed by atoms with van der Waals surface area (Å²) in [5.74, 6) is -1.96. The molecule has 2 aliphatic rings. The molecular weight excluding hydrogens is 887 g/mol. The lowest BCUT2D eigenvalue weighted by Gasteiger charge is -2.30. The van der Waals surface area contributed by atoms with Crippen LogP contribution in [-0.2, 0) is 49.4 Å². The highest BCUT2D eigenvalue weighted by Gasteiger charge is 2.45. The third-order valence-corrected chi connectivity index (χ3v) is 14.0. The third kappa shape index (κ3) is 16.2. The lowest BCUT2D eigenvalue weighted by atomic mass is 9.77. The summed E-state index contributed by atoms with van der Waals surface area (Å²) in [6, 6.07) is 10.3. The number of carbonyl (C=O) groups is 3. The molecule has 15 nitrogen and oxygen atoms in total. The van der Waals surface area contributed by atoms with E-state index in [4.69, 9.17) is 14.9 Å². The van der Waals surface area contributed by atoms with Crippen LogP contribution in [0.5, 0.6) is 0 Å². The number of benzene rings is 2. The molecule has 66 heavy (non-hydrogen) atoms. The first kappa shape index (κ1) is 56.0. The standard InChI is InChI=1S/C43H56N2O12S2.C6H15N/c1-42(2)33-29-31(58-57-56-51)22-24-35(33)44(27-15-7-11-19-39(46)47)37(42)17-9-5-10-18-38-43(3,26-14-6-13-21-41(50)55-4)34-30-32(59(52,53)54)23-25-36(34)45(38)28-16-8-12-20-40(48)49;1-4-7(5-2)6-3/h5,9-10,17-18,22-25,29-30H,6-8,11-16,19-21,26-28H2,1-4H3,(H3-,46,47,48,49,51,52,53,54);4-6H2,1-3H3. The zero-order chi connectivity index (χ0) is 48.9. The number of quaternary nitrogens is 1. The first-order valence-corrected chi connectivity index (χ1v) is 25.2. The third-order valence-electron chi connectivity index (χ3n) is 12.6. The Labute approximate surface area is 396 Å². The van der Waals surface area contributed by atoms with Crippen molar-refractivity contribution in [2.24, 2.45) is 0 Å². The van der Waals surface area contributed by atoms with E-state index in [1.165, 1.54) is 38.9 Å². The molecule has 0 spiro atoms. The zero-order valence-corrected chi connectivity index (χ0v) is 41.4. The molecule has 3 N–H and O–H groups in total. The molecule has 0 saturated carbocycles. The Balaban J connectivity index is 0.00000152. The van der Waals surface area contributed by atoms with E-state index in [-0.39, 0.29) is 30.1 Å². The summed E-state index contributed by atoms with van der Waals surface area (Å²) in [5.41, 5.74) is 4.29. The van der Waals surface area contributed by atoms with Crippen LogP contribution in [-0.4, -0.2) is 91.2 Å². The number of aliphatic carboxylic acids is 2. The number of nitrogens with zero attached hydrogens (tertiary/aromatic N) is 2. The first-order chi connectivity index (χ1) is 31.4. The number of esters is 1. The molecule has 0 amide bonds. The fraction of sp³-hybridized carbons (Fsp3) is 0.551. The second-order valence-corrected chi connectivity index (χ2v) is 19.5. The Morgan fingerprint density at radius 3 is 2.05 bits per heavy atom. The predicted octanol–water partition coefficient (Wildman–Crippen LogP) is 7.32. The topological polar surface area (TPSA) is 210 Å². The molecule has 0 aliphatic carbocycles. The number of ether oxygens (including phenoxy) is 1. The van der Waals surface area contributed by atoms with Gasteiger partial charge in [-0.05, 0) is 122 Å². The van der Waals surface area contributed by atoms with Crippen molar-refractivity contribution >= 4 is 57.2 Å². The highest BCUT2D eigenvalue weighted by molar-refractivity contribution is 7.94. The van der Waals surface area contributed by atoms with E-state index in [1.807, 2.05) is 55.5 Å². The van der Waals surface area contributed by atoms with Crippen molar-refractivity contribution in [3.05, 3.63) is 83.6 Å². The molecule has 366 valence electrons. The van der Waals surface area contributed by atoms with Gasteiger partial charge in [0.05, 0.1) is 49.1 Å². The zero-order valence-electron chi connectivity index (χ0n) is 39.8. The van der Waals surface area contributed by atoms with Crippen LogP contribution in [0.1, 0.15) is 136 Å². The van der Waals surface area contributed by atoms with Gasteiger partial charge in [-0.2, -0.15) is 8.91 Å². The molecule has 0 radical (unpaired) electrons. The van der Waals surface area contributed by atoms with Crippen molar-refractivity contribution in [3.8, 4) is 0 Å².